The Balaban J connectivity index is 2.99. The number of hydrogen-bond donors (Lipinski definition) is 0. The van der Waals surface area contributed by atoms with E-state index in [2.05, 4.69) is 0 Å². The van der Waals surface area contributed by atoms with E-state index >= 15 is 0 Å². The summed E-state index contributed by atoms with van der Waals surface area (Å²) in [5, 5.41) is 0.425. The summed E-state index contributed by atoms with van der Waals surface area (Å²) in [6, 6.07) is 4.36. The van der Waals surface area contributed by atoms with Crippen LogP contribution in [0.4, 0.5) is 4.39 Å². The van der Waals surface area contributed by atoms with Crippen molar-refractivity contribution >= 4 is 11.6 Å². The molecule has 3 heteroatoms. The molecule has 0 amide bonds. The van der Waals surface area contributed by atoms with E-state index in [-0.39, 0.29) is 11.9 Å². The highest BCUT2D eigenvalue weighted by molar-refractivity contribution is 6.31. The van der Waals surface area contributed by atoms with Gasteiger partial charge in [0, 0.05) is 12.1 Å². The number of hydrogen-bond acceptors (Lipinski definition) is 1. The normalized spacial score (nSPS) is 12.9. The highest BCUT2D eigenvalue weighted by Gasteiger charge is 2.11. The van der Waals surface area contributed by atoms with Crippen LogP contribution in [0.25, 0.3) is 0 Å². The minimum Gasteiger partial charge on any atom is -0.377 e. The van der Waals surface area contributed by atoms with Gasteiger partial charge in [-0.05, 0) is 24.1 Å². The zero-order valence-corrected chi connectivity index (χ0v) is 8.44. The molecular formula is C10H12ClFO. The van der Waals surface area contributed by atoms with Crippen LogP contribution in [0, 0.1) is 5.82 Å². The predicted molar refractivity (Wildman–Crippen MR) is 51.5 cm³/mol. The zero-order chi connectivity index (χ0) is 9.84. The fraction of sp³-hybridized carbons (Fsp3) is 0.400. The summed E-state index contributed by atoms with van der Waals surface area (Å²) in [5.74, 6) is -0.320. The Bertz CT molecular complexity index is 284. The van der Waals surface area contributed by atoms with Gasteiger partial charge in [-0.1, -0.05) is 24.6 Å². The second kappa shape index (κ2) is 4.58. The first kappa shape index (κ1) is 10.5. The van der Waals surface area contributed by atoms with Gasteiger partial charge >= 0.3 is 0 Å². The van der Waals surface area contributed by atoms with Crippen LogP contribution >= 0.6 is 11.6 Å². The van der Waals surface area contributed by atoms with Gasteiger partial charge in [0.2, 0.25) is 0 Å². The quantitative estimate of drug-likeness (QED) is 0.728. The van der Waals surface area contributed by atoms with Crippen molar-refractivity contribution in [1.29, 1.82) is 0 Å². The first-order valence-corrected chi connectivity index (χ1v) is 4.54. The van der Waals surface area contributed by atoms with Crippen molar-refractivity contribution < 1.29 is 9.13 Å². The molecule has 1 aromatic carbocycles. The number of ether oxygens (including phenoxy) is 1. The molecule has 1 aromatic rings. The third kappa shape index (κ3) is 2.42. The molecule has 0 heterocycles. The summed E-state index contributed by atoms with van der Waals surface area (Å²) >= 11 is 5.86. The molecule has 0 spiro atoms. The average Bonchev–Trinajstić information content (AvgIpc) is 2.10. The van der Waals surface area contributed by atoms with Gasteiger partial charge in [0.1, 0.15) is 5.82 Å². The van der Waals surface area contributed by atoms with Crippen molar-refractivity contribution in [3.63, 3.8) is 0 Å². The SMILES string of the molecule is CCC(OC)c1ccc(F)cc1Cl. The monoisotopic (exact) mass is 202 g/mol. The Morgan fingerprint density at radius 2 is 2.23 bits per heavy atom. The Hall–Kier alpha value is -0.600. The number of rotatable bonds is 3. The Morgan fingerprint density at radius 1 is 1.54 bits per heavy atom. The molecule has 0 radical (unpaired) electrons. The molecule has 1 unspecified atom stereocenters. The van der Waals surface area contributed by atoms with Gasteiger partial charge < -0.3 is 4.74 Å². The second-order valence-electron chi connectivity index (χ2n) is 2.80. The van der Waals surface area contributed by atoms with Crippen LogP contribution in [-0.4, -0.2) is 7.11 Å². The fourth-order valence-corrected chi connectivity index (χ4v) is 1.57. The maximum atomic E-state index is 12.7. The van der Waals surface area contributed by atoms with Crippen LogP contribution in [0.2, 0.25) is 5.02 Å². The van der Waals surface area contributed by atoms with Crippen molar-refractivity contribution in [3.8, 4) is 0 Å². The van der Waals surface area contributed by atoms with Crippen molar-refractivity contribution in [2.75, 3.05) is 7.11 Å². The lowest BCUT2D eigenvalue weighted by atomic mass is 10.1. The minimum absolute atomic E-state index is 0.0481. The first-order chi connectivity index (χ1) is 6.19. The van der Waals surface area contributed by atoms with Crippen LogP contribution in [0.15, 0.2) is 18.2 Å². The van der Waals surface area contributed by atoms with Gasteiger partial charge in [-0.15, -0.1) is 0 Å². The summed E-state index contributed by atoms with van der Waals surface area (Å²) in [6.45, 7) is 1.99. The van der Waals surface area contributed by atoms with Gasteiger partial charge in [-0.25, -0.2) is 4.39 Å². The second-order valence-corrected chi connectivity index (χ2v) is 3.21. The largest absolute Gasteiger partial charge is 0.377 e. The molecule has 0 aliphatic heterocycles. The van der Waals surface area contributed by atoms with Crippen molar-refractivity contribution in [1.82, 2.24) is 0 Å². The van der Waals surface area contributed by atoms with E-state index in [4.69, 9.17) is 16.3 Å². The number of methoxy groups -OCH3 is 1. The molecule has 0 aromatic heterocycles. The summed E-state index contributed by atoms with van der Waals surface area (Å²) in [7, 11) is 1.62. The van der Waals surface area contributed by atoms with Gasteiger partial charge in [0.25, 0.3) is 0 Å². The molecule has 0 saturated carbocycles. The van der Waals surface area contributed by atoms with Crippen molar-refractivity contribution in [3.05, 3.63) is 34.6 Å². The Morgan fingerprint density at radius 3 is 2.69 bits per heavy atom. The van der Waals surface area contributed by atoms with E-state index in [0.717, 1.165) is 12.0 Å². The topological polar surface area (TPSA) is 9.23 Å². The van der Waals surface area contributed by atoms with Crippen LogP contribution < -0.4 is 0 Å². The molecule has 72 valence electrons. The van der Waals surface area contributed by atoms with E-state index in [1.165, 1.54) is 12.1 Å². The summed E-state index contributed by atoms with van der Waals surface area (Å²) in [6.07, 6.45) is 0.773. The lowest BCUT2D eigenvalue weighted by Gasteiger charge is -2.14. The van der Waals surface area contributed by atoms with Crippen LogP contribution in [0.3, 0.4) is 0 Å². The van der Waals surface area contributed by atoms with Crippen LogP contribution in [0.1, 0.15) is 25.0 Å². The molecular weight excluding hydrogens is 191 g/mol. The lowest BCUT2D eigenvalue weighted by molar-refractivity contribution is 0.100. The molecule has 1 nitrogen and oxygen atoms in total. The summed E-state index contributed by atoms with van der Waals surface area (Å²) in [4.78, 5) is 0. The van der Waals surface area contributed by atoms with Crippen molar-refractivity contribution in [2.24, 2.45) is 0 Å². The predicted octanol–water partition coefficient (Wildman–Crippen LogP) is 3.58. The van der Waals surface area contributed by atoms with Gasteiger partial charge in [0.05, 0.1) is 6.10 Å². The molecule has 0 aliphatic rings. The third-order valence-corrected chi connectivity index (χ3v) is 2.29. The number of benzene rings is 1. The molecule has 1 rings (SSSR count). The molecule has 0 saturated heterocycles. The number of halogens is 2. The lowest BCUT2D eigenvalue weighted by Crippen LogP contribution is -2.00. The van der Waals surface area contributed by atoms with E-state index in [1.54, 1.807) is 13.2 Å². The van der Waals surface area contributed by atoms with E-state index in [1.807, 2.05) is 6.92 Å². The highest BCUT2D eigenvalue weighted by Crippen LogP contribution is 2.27. The van der Waals surface area contributed by atoms with E-state index in [0.29, 0.717) is 5.02 Å². The minimum atomic E-state index is -0.320. The Kier molecular flexibility index (Phi) is 3.70. The third-order valence-electron chi connectivity index (χ3n) is 1.96. The van der Waals surface area contributed by atoms with Gasteiger partial charge in [-0.2, -0.15) is 0 Å². The summed E-state index contributed by atoms with van der Waals surface area (Å²) in [5.41, 5.74) is 0.841. The molecule has 1 atom stereocenters. The average molecular weight is 203 g/mol. The van der Waals surface area contributed by atoms with E-state index in [9.17, 15) is 4.39 Å². The maximum Gasteiger partial charge on any atom is 0.124 e. The van der Waals surface area contributed by atoms with Crippen LogP contribution in [0.5, 0.6) is 0 Å². The highest BCUT2D eigenvalue weighted by atomic mass is 35.5. The molecule has 13 heavy (non-hydrogen) atoms. The van der Waals surface area contributed by atoms with Gasteiger partial charge in [-0.3, -0.25) is 0 Å². The van der Waals surface area contributed by atoms with Gasteiger partial charge in [0.15, 0.2) is 0 Å². The molecule has 0 fully saturated rings. The van der Waals surface area contributed by atoms with E-state index < -0.39 is 0 Å². The fourth-order valence-electron chi connectivity index (χ4n) is 1.28. The standard InChI is InChI=1S/C10H12ClFO/c1-3-10(13-2)8-5-4-7(12)6-9(8)11/h4-6,10H,3H2,1-2H3. The van der Waals surface area contributed by atoms with Crippen LogP contribution in [-0.2, 0) is 4.74 Å². The molecule has 0 N–H and O–H groups in total. The summed E-state index contributed by atoms with van der Waals surface area (Å²) < 4.78 is 17.9. The zero-order valence-electron chi connectivity index (χ0n) is 7.68. The molecule has 0 aliphatic carbocycles. The first-order valence-electron chi connectivity index (χ1n) is 4.16. The smallest absolute Gasteiger partial charge is 0.124 e. The Labute approximate surface area is 82.5 Å². The van der Waals surface area contributed by atoms with Crippen molar-refractivity contribution in [2.45, 2.75) is 19.4 Å². The molecule has 0 bridgehead atoms. The maximum absolute atomic E-state index is 12.7.